The molecule has 0 saturated carbocycles. The van der Waals surface area contributed by atoms with Crippen LogP contribution in [0.3, 0.4) is 0 Å². The van der Waals surface area contributed by atoms with Crippen molar-refractivity contribution in [1.29, 1.82) is 0 Å². The summed E-state index contributed by atoms with van der Waals surface area (Å²) in [6, 6.07) is 0. The molecule has 0 unspecified atom stereocenters. The van der Waals surface area contributed by atoms with Gasteiger partial charge in [-0.3, -0.25) is 0 Å². The van der Waals surface area contributed by atoms with Crippen LogP contribution in [0.2, 0.25) is 0 Å². The Hall–Kier alpha value is -0.260. The van der Waals surface area contributed by atoms with Crippen molar-refractivity contribution in [1.82, 2.24) is 9.78 Å². The molecular weight excluding hydrogens is 253 g/mol. The highest BCUT2D eigenvalue weighted by Gasteiger charge is 2.17. The quantitative estimate of drug-likeness (QED) is 0.727. The molecule has 0 aliphatic carbocycles. The van der Waals surface area contributed by atoms with Crippen LogP contribution in [0.5, 0.6) is 0 Å². The van der Waals surface area contributed by atoms with Crippen molar-refractivity contribution in [3.8, 4) is 0 Å². The molecule has 0 aliphatic heterocycles. The van der Waals surface area contributed by atoms with Crippen LogP contribution in [0, 0.1) is 3.57 Å². The van der Waals surface area contributed by atoms with Crippen molar-refractivity contribution in [2.45, 2.75) is 26.3 Å². The third-order valence-electron chi connectivity index (χ3n) is 1.39. The van der Waals surface area contributed by atoms with Gasteiger partial charge in [0, 0.05) is 0 Å². The summed E-state index contributed by atoms with van der Waals surface area (Å²) in [4.78, 5) is 0. The molecule has 0 amide bonds. The molecule has 0 radical (unpaired) electrons. The Morgan fingerprint density at radius 3 is 2.27 bits per heavy atom. The van der Waals surface area contributed by atoms with Gasteiger partial charge in [-0.2, -0.15) is 5.10 Å². The van der Waals surface area contributed by atoms with Gasteiger partial charge in [0.1, 0.15) is 5.82 Å². The molecule has 2 N–H and O–H groups in total. The summed E-state index contributed by atoms with van der Waals surface area (Å²) in [5, 5.41) is 4.17. The van der Waals surface area contributed by atoms with Crippen molar-refractivity contribution in [2.24, 2.45) is 0 Å². The summed E-state index contributed by atoms with van der Waals surface area (Å²) >= 11 is 2.18. The third-order valence-corrected chi connectivity index (χ3v) is 2.23. The highest BCUT2D eigenvalue weighted by Crippen LogP contribution is 2.21. The zero-order valence-corrected chi connectivity index (χ0v) is 9.08. The van der Waals surface area contributed by atoms with Crippen molar-refractivity contribution in [3.63, 3.8) is 0 Å². The molecule has 0 fully saturated rings. The molecule has 62 valence electrons. The number of aromatic nitrogens is 2. The minimum Gasteiger partial charge on any atom is -0.383 e. The second kappa shape index (κ2) is 2.66. The molecule has 0 aromatic carbocycles. The van der Waals surface area contributed by atoms with E-state index in [-0.39, 0.29) is 5.54 Å². The number of nitrogens with two attached hydrogens (primary N) is 1. The summed E-state index contributed by atoms with van der Waals surface area (Å²) in [5.41, 5.74) is 5.76. The van der Waals surface area contributed by atoms with Crippen LogP contribution in [0.15, 0.2) is 6.20 Å². The number of nitrogens with zero attached hydrogens (tertiary/aromatic N) is 2. The van der Waals surface area contributed by atoms with Crippen molar-refractivity contribution in [3.05, 3.63) is 9.77 Å². The first kappa shape index (κ1) is 8.83. The fourth-order valence-electron chi connectivity index (χ4n) is 0.872. The molecule has 0 aliphatic rings. The van der Waals surface area contributed by atoms with Gasteiger partial charge < -0.3 is 5.73 Å². The predicted octanol–water partition coefficient (Wildman–Crippen LogP) is 1.82. The van der Waals surface area contributed by atoms with E-state index >= 15 is 0 Å². The van der Waals surface area contributed by atoms with Gasteiger partial charge in [-0.25, -0.2) is 4.68 Å². The lowest BCUT2D eigenvalue weighted by Gasteiger charge is -2.20. The molecule has 11 heavy (non-hydrogen) atoms. The second-order valence-electron chi connectivity index (χ2n) is 3.46. The predicted molar refractivity (Wildman–Crippen MR) is 54.4 cm³/mol. The molecule has 1 heterocycles. The van der Waals surface area contributed by atoms with Gasteiger partial charge in [-0.15, -0.1) is 0 Å². The molecule has 4 heteroatoms. The van der Waals surface area contributed by atoms with Crippen LogP contribution >= 0.6 is 22.6 Å². The highest BCUT2D eigenvalue weighted by atomic mass is 127. The Morgan fingerprint density at radius 1 is 1.55 bits per heavy atom. The smallest absolute Gasteiger partial charge is 0.135 e. The molecule has 0 saturated heterocycles. The number of hydrogen-bond acceptors (Lipinski definition) is 2. The first-order valence-electron chi connectivity index (χ1n) is 3.42. The molecule has 0 atom stereocenters. The van der Waals surface area contributed by atoms with Gasteiger partial charge in [0.25, 0.3) is 0 Å². The molecule has 1 aromatic rings. The largest absolute Gasteiger partial charge is 0.383 e. The fraction of sp³-hybridized carbons (Fsp3) is 0.571. The van der Waals surface area contributed by atoms with Crippen LogP contribution in [0.25, 0.3) is 0 Å². The Morgan fingerprint density at radius 2 is 2.09 bits per heavy atom. The van der Waals surface area contributed by atoms with E-state index in [0.29, 0.717) is 0 Å². The maximum Gasteiger partial charge on any atom is 0.135 e. The van der Waals surface area contributed by atoms with E-state index in [2.05, 4.69) is 48.5 Å². The summed E-state index contributed by atoms with van der Waals surface area (Å²) in [6.45, 7) is 6.23. The van der Waals surface area contributed by atoms with Crippen molar-refractivity contribution >= 4 is 28.4 Å². The van der Waals surface area contributed by atoms with E-state index in [4.69, 9.17) is 5.73 Å². The summed E-state index contributed by atoms with van der Waals surface area (Å²) in [7, 11) is 0. The van der Waals surface area contributed by atoms with E-state index in [1.807, 2.05) is 4.68 Å². The SMILES string of the molecule is CC(C)(C)n1ncc(I)c1N. The maximum absolute atomic E-state index is 5.78. The number of hydrogen-bond donors (Lipinski definition) is 1. The molecular formula is C7H12IN3. The fourth-order valence-corrected chi connectivity index (χ4v) is 1.23. The topological polar surface area (TPSA) is 43.8 Å². The lowest BCUT2D eigenvalue weighted by molar-refractivity contribution is 0.361. The minimum absolute atomic E-state index is 0.0203. The van der Waals surface area contributed by atoms with Crippen LogP contribution in [0.1, 0.15) is 20.8 Å². The van der Waals surface area contributed by atoms with Crippen molar-refractivity contribution < 1.29 is 0 Å². The first-order valence-corrected chi connectivity index (χ1v) is 4.50. The summed E-state index contributed by atoms with van der Waals surface area (Å²) in [5.74, 6) is 0.748. The average Bonchev–Trinajstić information content (AvgIpc) is 2.11. The zero-order valence-electron chi connectivity index (χ0n) is 6.93. The summed E-state index contributed by atoms with van der Waals surface area (Å²) < 4.78 is 2.84. The average molecular weight is 265 g/mol. The standard InChI is InChI=1S/C7H12IN3/c1-7(2,3)11-6(9)5(8)4-10-11/h4H,9H2,1-3H3. The number of rotatable bonds is 0. The first-order chi connectivity index (χ1) is 4.93. The molecule has 3 nitrogen and oxygen atoms in total. The monoisotopic (exact) mass is 265 g/mol. The summed E-state index contributed by atoms with van der Waals surface area (Å²) in [6.07, 6.45) is 1.78. The lowest BCUT2D eigenvalue weighted by atomic mass is 10.1. The van der Waals surface area contributed by atoms with E-state index in [1.165, 1.54) is 0 Å². The Labute approximate surface area is 80.1 Å². The Kier molecular flexibility index (Phi) is 2.13. The van der Waals surface area contributed by atoms with Gasteiger partial charge in [0.05, 0.1) is 15.3 Å². The number of nitrogen functional groups attached to an aromatic ring is 1. The van der Waals surface area contributed by atoms with Gasteiger partial charge in [0.15, 0.2) is 0 Å². The minimum atomic E-state index is -0.0203. The van der Waals surface area contributed by atoms with Crippen LogP contribution < -0.4 is 5.73 Å². The van der Waals surface area contributed by atoms with E-state index in [0.717, 1.165) is 9.39 Å². The maximum atomic E-state index is 5.78. The molecule has 0 spiro atoms. The third kappa shape index (κ3) is 1.66. The van der Waals surface area contributed by atoms with Crippen LogP contribution in [0.4, 0.5) is 5.82 Å². The Bertz CT molecular complexity index is 259. The lowest BCUT2D eigenvalue weighted by Crippen LogP contribution is -2.24. The second-order valence-corrected chi connectivity index (χ2v) is 4.62. The molecule has 0 bridgehead atoms. The van der Waals surface area contributed by atoms with E-state index in [9.17, 15) is 0 Å². The van der Waals surface area contributed by atoms with Crippen LogP contribution in [-0.4, -0.2) is 9.78 Å². The highest BCUT2D eigenvalue weighted by molar-refractivity contribution is 14.1. The van der Waals surface area contributed by atoms with Gasteiger partial charge in [-0.05, 0) is 43.4 Å². The molecule has 1 rings (SSSR count). The normalized spacial score (nSPS) is 12.0. The molecule has 1 aromatic heterocycles. The van der Waals surface area contributed by atoms with Gasteiger partial charge in [0.2, 0.25) is 0 Å². The van der Waals surface area contributed by atoms with Gasteiger partial charge >= 0.3 is 0 Å². The Balaban J connectivity index is 3.15. The zero-order chi connectivity index (χ0) is 8.65. The van der Waals surface area contributed by atoms with Crippen LogP contribution in [-0.2, 0) is 5.54 Å². The number of halogens is 1. The van der Waals surface area contributed by atoms with E-state index < -0.39 is 0 Å². The number of anilines is 1. The van der Waals surface area contributed by atoms with Gasteiger partial charge in [-0.1, -0.05) is 0 Å². The van der Waals surface area contributed by atoms with E-state index in [1.54, 1.807) is 6.20 Å². The van der Waals surface area contributed by atoms with Crippen molar-refractivity contribution in [2.75, 3.05) is 5.73 Å².